The molecule has 1 saturated carbocycles. The molecular formula is C20H29NO4. The number of amides is 1. The highest BCUT2D eigenvalue weighted by Crippen LogP contribution is 2.50. The number of benzene rings is 1. The number of likely N-dealkylation sites (tertiary alicyclic amines) is 1. The summed E-state index contributed by atoms with van der Waals surface area (Å²) in [4.78, 5) is 14.9. The quantitative estimate of drug-likeness (QED) is 0.742. The molecule has 1 atom stereocenters. The lowest BCUT2D eigenvalue weighted by Crippen LogP contribution is -2.54. The molecule has 0 aromatic heterocycles. The summed E-state index contributed by atoms with van der Waals surface area (Å²) in [5.74, 6) is 0.882. The highest BCUT2D eigenvalue weighted by atomic mass is 16.5. The minimum absolute atomic E-state index is 0.113. The number of carbonyl (C=O) groups excluding carboxylic acids is 1. The van der Waals surface area contributed by atoms with Gasteiger partial charge in [0.05, 0.1) is 26.4 Å². The molecule has 138 valence electrons. The maximum absolute atomic E-state index is 12.9. The van der Waals surface area contributed by atoms with Crippen molar-refractivity contribution >= 4 is 5.91 Å². The minimum Gasteiger partial charge on any atom is -0.496 e. The third-order valence-corrected chi connectivity index (χ3v) is 5.97. The third-order valence-electron chi connectivity index (χ3n) is 5.97. The lowest BCUT2D eigenvalue weighted by molar-refractivity contribution is -0.139. The highest BCUT2D eigenvalue weighted by molar-refractivity contribution is 5.96. The summed E-state index contributed by atoms with van der Waals surface area (Å²) in [6.45, 7) is 4.86. The van der Waals surface area contributed by atoms with Crippen molar-refractivity contribution in [2.75, 3.05) is 40.5 Å². The van der Waals surface area contributed by atoms with Crippen LogP contribution in [0, 0.1) is 12.3 Å². The predicted molar refractivity (Wildman–Crippen MR) is 96.2 cm³/mol. The van der Waals surface area contributed by atoms with Gasteiger partial charge in [-0.2, -0.15) is 0 Å². The molecule has 0 radical (unpaired) electrons. The number of carbonyl (C=O) groups is 1. The summed E-state index contributed by atoms with van der Waals surface area (Å²) in [5.41, 5.74) is 1.94. The van der Waals surface area contributed by atoms with Gasteiger partial charge in [-0.1, -0.05) is 6.07 Å². The monoisotopic (exact) mass is 347 g/mol. The Balaban J connectivity index is 1.60. The van der Waals surface area contributed by atoms with Crippen molar-refractivity contribution in [2.45, 2.75) is 38.7 Å². The van der Waals surface area contributed by atoms with Crippen molar-refractivity contribution in [1.29, 1.82) is 0 Å². The average Bonchev–Trinajstić information content (AvgIpc) is 2.64. The van der Waals surface area contributed by atoms with Crippen LogP contribution in [-0.2, 0) is 9.47 Å². The van der Waals surface area contributed by atoms with E-state index in [0.717, 1.165) is 49.2 Å². The fourth-order valence-electron chi connectivity index (χ4n) is 4.17. The lowest BCUT2D eigenvalue weighted by atomic mass is 9.60. The van der Waals surface area contributed by atoms with Gasteiger partial charge in [-0.25, -0.2) is 0 Å². The number of ether oxygens (including phenoxy) is 3. The average molecular weight is 347 g/mol. The maximum atomic E-state index is 12.9. The SMILES string of the molecule is COCCOC1CCC12CCN(C(=O)c1cccc(OC)c1C)CC2. The van der Waals surface area contributed by atoms with Crippen LogP contribution in [0.25, 0.3) is 0 Å². The molecule has 1 amide bonds. The molecule has 1 aromatic carbocycles. The van der Waals surface area contributed by atoms with Crippen LogP contribution in [-0.4, -0.2) is 57.4 Å². The molecule has 1 aromatic rings. The van der Waals surface area contributed by atoms with Crippen molar-refractivity contribution in [1.82, 2.24) is 4.90 Å². The second kappa shape index (κ2) is 7.75. The first-order valence-electron chi connectivity index (χ1n) is 9.15. The fraction of sp³-hybridized carbons (Fsp3) is 0.650. The summed E-state index contributed by atoms with van der Waals surface area (Å²) >= 11 is 0. The number of hydrogen-bond donors (Lipinski definition) is 0. The van der Waals surface area contributed by atoms with Crippen LogP contribution in [0.3, 0.4) is 0 Å². The van der Waals surface area contributed by atoms with Crippen molar-refractivity contribution in [3.05, 3.63) is 29.3 Å². The van der Waals surface area contributed by atoms with E-state index in [1.54, 1.807) is 14.2 Å². The summed E-state index contributed by atoms with van der Waals surface area (Å²) in [6.07, 6.45) is 4.73. The zero-order valence-corrected chi connectivity index (χ0v) is 15.5. The van der Waals surface area contributed by atoms with E-state index in [4.69, 9.17) is 14.2 Å². The molecule has 2 fully saturated rings. The van der Waals surface area contributed by atoms with Gasteiger partial charge in [0.25, 0.3) is 5.91 Å². The number of rotatable bonds is 6. The van der Waals surface area contributed by atoms with E-state index in [1.807, 2.05) is 30.0 Å². The van der Waals surface area contributed by atoms with E-state index in [-0.39, 0.29) is 11.3 Å². The van der Waals surface area contributed by atoms with E-state index in [0.29, 0.717) is 19.3 Å². The third kappa shape index (κ3) is 3.53. The van der Waals surface area contributed by atoms with Crippen LogP contribution in [0.5, 0.6) is 5.75 Å². The molecule has 1 heterocycles. The molecule has 1 aliphatic carbocycles. The molecule has 2 aliphatic rings. The van der Waals surface area contributed by atoms with Gasteiger partial charge in [0.2, 0.25) is 0 Å². The van der Waals surface area contributed by atoms with E-state index < -0.39 is 0 Å². The summed E-state index contributed by atoms with van der Waals surface area (Å²) in [5, 5.41) is 0. The van der Waals surface area contributed by atoms with Gasteiger partial charge in [0.15, 0.2) is 0 Å². The number of piperidine rings is 1. The molecule has 1 spiro atoms. The molecule has 25 heavy (non-hydrogen) atoms. The van der Waals surface area contributed by atoms with Crippen molar-refractivity contribution in [2.24, 2.45) is 5.41 Å². The van der Waals surface area contributed by atoms with Crippen LogP contribution in [0.2, 0.25) is 0 Å². The fourth-order valence-corrected chi connectivity index (χ4v) is 4.17. The maximum Gasteiger partial charge on any atom is 0.254 e. The van der Waals surface area contributed by atoms with Crippen LogP contribution < -0.4 is 4.74 Å². The Morgan fingerprint density at radius 3 is 2.56 bits per heavy atom. The first kappa shape index (κ1) is 18.2. The van der Waals surface area contributed by atoms with Crippen LogP contribution in [0.1, 0.15) is 41.6 Å². The second-order valence-electron chi connectivity index (χ2n) is 7.18. The van der Waals surface area contributed by atoms with Gasteiger partial charge in [0.1, 0.15) is 5.75 Å². The number of methoxy groups -OCH3 is 2. The first-order valence-corrected chi connectivity index (χ1v) is 9.15. The van der Waals surface area contributed by atoms with Crippen molar-refractivity contribution in [3.63, 3.8) is 0 Å². The van der Waals surface area contributed by atoms with Crippen molar-refractivity contribution < 1.29 is 19.0 Å². The number of hydrogen-bond acceptors (Lipinski definition) is 4. The van der Waals surface area contributed by atoms with Gasteiger partial charge in [-0.3, -0.25) is 4.79 Å². The van der Waals surface area contributed by atoms with Gasteiger partial charge in [-0.15, -0.1) is 0 Å². The summed E-state index contributed by atoms with van der Waals surface area (Å²) < 4.78 is 16.4. The normalized spacial score (nSPS) is 21.9. The Morgan fingerprint density at radius 1 is 1.20 bits per heavy atom. The standard InChI is InChI=1S/C20H29NO4/c1-15-16(5-4-6-17(15)24-3)19(22)21-11-9-20(10-12-21)8-7-18(20)25-14-13-23-2/h4-6,18H,7-14H2,1-3H3. The lowest BCUT2D eigenvalue weighted by Gasteiger charge is -2.53. The predicted octanol–water partition coefficient (Wildman–Crippen LogP) is 3.05. The molecule has 0 N–H and O–H groups in total. The highest BCUT2D eigenvalue weighted by Gasteiger charge is 2.49. The van der Waals surface area contributed by atoms with Gasteiger partial charge in [0, 0.05) is 36.7 Å². The molecule has 1 aliphatic heterocycles. The molecule has 5 heteroatoms. The Labute approximate surface area is 150 Å². The Bertz CT molecular complexity index is 608. The molecule has 1 saturated heterocycles. The number of nitrogens with zero attached hydrogens (tertiary/aromatic N) is 1. The molecule has 0 bridgehead atoms. The van der Waals surface area contributed by atoms with Gasteiger partial charge >= 0.3 is 0 Å². The van der Waals surface area contributed by atoms with Gasteiger partial charge in [-0.05, 0) is 44.7 Å². The van der Waals surface area contributed by atoms with E-state index in [1.165, 1.54) is 6.42 Å². The molecule has 1 unspecified atom stereocenters. The summed E-state index contributed by atoms with van der Waals surface area (Å²) in [7, 11) is 3.34. The van der Waals surface area contributed by atoms with Crippen LogP contribution in [0.15, 0.2) is 18.2 Å². The van der Waals surface area contributed by atoms with E-state index >= 15 is 0 Å². The molecule has 3 rings (SSSR count). The van der Waals surface area contributed by atoms with E-state index in [9.17, 15) is 4.79 Å². The Hall–Kier alpha value is -1.59. The van der Waals surface area contributed by atoms with Crippen LogP contribution >= 0.6 is 0 Å². The molecule has 5 nitrogen and oxygen atoms in total. The smallest absolute Gasteiger partial charge is 0.254 e. The zero-order valence-electron chi connectivity index (χ0n) is 15.5. The Kier molecular flexibility index (Phi) is 5.64. The zero-order chi connectivity index (χ0) is 17.9. The first-order chi connectivity index (χ1) is 12.1. The van der Waals surface area contributed by atoms with Crippen LogP contribution in [0.4, 0.5) is 0 Å². The molecular weight excluding hydrogens is 318 g/mol. The largest absolute Gasteiger partial charge is 0.496 e. The summed E-state index contributed by atoms with van der Waals surface area (Å²) in [6, 6.07) is 5.67. The second-order valence-corrected chi connectivity index (χ2v) is 7.18. The van der Waals surface area contributed by atoms with Gasteiger partial charge < -0.3 is 19.1 Å². The Morgan fingerprint density at radius 2 is 1.96 bits per heavy atom. The van der Waals surface area contributed by atoms with E-state index in [2.05, 4.69) is 0 Å². The topological polar surface area (TPSA) is 48.0 Å². The van der Waals surface area contributed by atoms with Crippen molar-refractivity contribution in [3.8, 4) is 5.75 Å². The minimum atomic E-state index is 0.113.